The summed E-state index contributed by atoms with van der Waals surface area (Å²) in [4.78, 5) is 3.94. The van der Waals surface area contributed by atoms with E-state index in [0.29, 0.717) is 5.69 Å². The second kappa shape index (κ2) is 2.98. The van der Waals surface area contributed by atoms with Gasteiger partial charge in [-0.1, -0.05) is 6.07 Å². The summed E-state index contributed by atoms with van der Waals surface area (Å²) >= 11 is 1.14. The van der Waals surface area contributed by atoms with Crippen molar-refractivity contribution in [3.8, 4) is 0 Å². The Labute approximate surface area is 78.4 Å². The van der Waals surface area contributed by atoms with Crippen molar-refractivity contribution in [2.24, 2.45) is 16.5 Å². The smallest absolute Gasteiger partial charge is 0.191 e. The predicted molar refractivity (Wildman–Crippen MR) is 52.9 cm³/mol. The average Bonchev–Trinajstić information content (AvgIpc) is 2.51. The van der Waals surface area contributed by atoms with Gasteiger partial charge in [0.05, 0.1) is 17.4 Å². The maximum atomic E-state index is 5.27. The first-order chi connectivity index (χ1) is 6.27. The van der Waals surface area contributed by atoms with E-state index in [1.165, 1.54) is 0 Å². The van der Waals surface area contributed by atoms with Crippen LogP contribution in [0.15, 0.2) is 23.2 Å². The van der Waals surface area contributed by atoms with Crippen LogP contribution in [0.1, 0.15) is 0 Å². The van der Waals surface area contributed by atoms with E-state index in [1.54, 1.807) is 6.07 Å². The number of benzene rings is 1. The number of fused-ring (bicyclic) bond motifs is 1. The van der Waals surface area contributed by atoms with Crippen LogP contribution in [0.2, 0.25) is 0 Å². The van der Waals surface area contributed by atoms with Gasteiger partial charge in [0.25, 0.3) is 0 Å². The SMILES string of the molecule is NC(N)=Nc1cccc2nsnc12. The molecule has 0 unspecified atom stereocenters. The molecule has 13 heavy (non-hydrogen) atoms. The van der Waals surface area contributed by atoms with Crippen LogP contribution in [0, 0.1) is 0 Å². The van der Waals surface area contributed by atoms with Gasteiger partial charge in [0.2, 0.25) is 0 Å². The molecule has 0 atom stereocenters. The fourth-order valence-corrected chi connectivity index (χ4v) is 1.57. The molecule has 0 spiro atoms. The quantitative estimate of drug-likeness (QED) is 0.512. The molecule has 0 amide bonds. The molecule has 4 N–H and O–H groups in total. The van der Waals surface area contributed by atoms with E-state index < -0.39 is 0 Å². The van der Waals surface area contributed by atoms with E-state index in [-0.39, 0.29) is 5.96 Å². The summed E-state index contributed by atoms with van der Waals surface area (Å²) < 4.78 is 8.15. The molecule has 0 aliphatic rings. The van der Waals surface area contributed by atoms with E-state index >= 15 is 0 Å². The topological polar surface area (TPSA) is 90.2 Å². The van der Waals surface area contributed by atoms with E-state index in [2.05, 4.69) is 13.7 Å². The van der Waals surface area contributed by atoms with Gasteiger partial charge >= 0.3 is 0 Å². The summed E-state index contributed by atoms with van der Waals surface area (Å²) in [5.41, 5.74) is 12.7. The third-order valence-corrected chi connectivity index (χ3v) is 2.06. The van der Waals surface area contributed by atoms with Gasteiger partial charge in [-0.15, -0.1) is 0 Å². The van der Waals surface area contributed by atoms with Crippen LogP contribution in [0.5, 0.6) is 0 Å². The monoisotopic (exact) mass is 193 g/mol. The Morgan fingerprint density at radius 3 is 2.92 bits per heavy atom. The molecule has 0 radical (unpaired) electrons. The summed E-state index contributed by atoms with van der Waals surface area (Å²) in [5.74, 6) is 0.0282. The van der Waals surface area contributed by atoms with Crippen molar-refractivity contribution >= 4 is 34.4 Å². The number of rotatable bonds is 1. The van der Waals surface area contributed by atoms with Crippen LogP contribution in [-0.2, 0) is 0 Å². The Morgan fingerprint density at radius 1 is 1.31 bits per heavy atom. The predicted octanol–water partition coefficient (Wildman–Crippen LogP) is 0.596. The molecule has 0 saturated carbocycles. The van der Waals surface area contributed by atoms with Crippen LogP contribution >= 0.6 is 11.7 Å². The second-order valence-electron chi connectivity index (χ2n) is 2.45. The van der Waals surface area contributed by atoms with Crippen LogP contribution in [0.4, 0.5) is 5.69 Å². The third kappa shape index (κ3) is 1.43. The number of aromatic nitrogens is 2. The number of aliphatic imine (C=N–C) groups is 1. The Morgan fingerprint density at radius 2 is 2.15 bits per heavy atom. The standard InChI is InChI=1S/C7H7N5S/c8-7(9)10-4-2-1-3-5-6(4)12-13-11-5/h1-3H,(H4,8,9,10). The highest BCUT2D eigenvalue weighted by molar-refractivity contribution is 7.00. The number of nitrogens with two attached hydrogens (primary N) is 2. The molecule has 5 nitrogen and oxygen atoms in total. The Kier molecular flexibility index (Phi) is 1.82. The van der Waals surface area contributed by atoms with Crippen molar-refractivity contribution < 1.29 is 0 Å². The largest absolute Gasteiger partial charge is 0.370 e. The zero-order chi connectivity index (χ0) is 9.26. The van der Waals surface area contributed by atoms with E-state index in [1.807, 2.05) is 12.1 Å². The summed E-state index contributed by atoms with van der Waals surface area (Å²) in [6.07, 6.45) is 0. The van der Waals surface area contributed by atoms with Gasteiger partial charge in [0.15, 0.2) is 5.96 Å². The Bertz CT molecular complexity index is 457. The van der Waals surface area contributed by atoms with Crippen molar-refractivity contribution in [1.29, 1.82) is 0 Å². The van der Waals surface area contributed by atoms with Gasteiger partial charge in [-0.05, 0) is 12.1 Å². The van der Waals surface area contributed by atoms with Gasteiger partial charge in [0, 0.05) is 0 Å². The Hall–Kier alpha value is -1.69. The minimum Gasteiger partial charge on any atom is -0.370 e. The summed E-state index contributed by atoms with van der Waals surface area (Å²) in [7, 11) is 0. The van der Waals surface area contributed by atoms with Crippen LogP contribution < -0.4 is 11.5 Å². The van der Waals surface area contributed by atoms with Gasteiger partial charge in [0.1, 0.15) is 11.0 Å². The molecular formula is C7H7N5S. The van der Waals surface area contributed by atoms with Gasteiger partial charge in [-0.3, -0.25) is 0 Å². The van der Waals surface area contributed by atoms with Crippen molar-refractivity contribution in [3.05, 3.63) is 18.2 Å². The molecule has 2 rings (SSSR count). The fraction of sp³-hybridized carbons (Fsp3) is 0. The first-order valence-electron chi connectivity index (χ1n) is 3.58. The lowest BCUT2D eigenvalue weighted by atomic mass is 10.3. The summed E-state index contributed by atoms with van der Waals surface area (Å²) in [6, 6.07) is 5.50. The maximum absolute atomic E-state index is 5.27. The number of nitrogens with zero attached hydrogens (tertiary/aromatic N) is 3. The average molecular weight is 193 g/mol. The zero-order valence-electron chi connectivity index (χ0n) is 6.64. The molecule has 1 heterocycles. The first-order valence-corrected chi connectivity index (χ1v) is 4.31. The minimum absolute atomic E-state index is 0.0282. The molecule has 0 aliphatic heterocycles. The number of hydrogen-bond donors (Lipinski definition) is 2. The van der Waals surface area contributed by atoms with Gasteiger partial charge < -0.3 is 11.5 Å². The summed E-state index contributed by atoms with van der Waals surface area (Å²) in [5, 5.41) is 0. The van der Waals surface area contributed by atoms with Crippen LogP contribution in [0.3, 0.4) is 0 Å². The molecule has 1 aromatic carbocycles. The van der Waals surface area contributed by atoms with E-state index in [0.717, 1.165) is 22.8 Å². The van der Waals surface area contributed by atoms with Crippen LogP contribution in [-0.4, -0.2) is 14.7 Å². The lowest BCUT2D eigenvalue weighted by Gasteiger charge is -1.94. The third-order valence-electron chi connectivity index (χ3n) is 1.51. The van der Waals surface area contributed by atoms with Gasteiger partial charge in [-0.2, -0.15) is 8.75 Å². The summed E-state index contributed by atoms with van der Waals surface area (Å²) in [6.45, 7) is 0. The lowest BCUT2D eigenvalue weighted by Crippen LogP contribution is -2.21. The highest BCUT2D eigenvalue weighted by Crippen LogP contribution is 2.23. The minimum atomic E-state index is 0.0282. The lowest BCUT2D eigenvalue weighted by molar-refractivity contribution is 1.43. The van der Waals surface area contributed by atoms with Crippen molar-refractivity contribution in [3.63, 3.8) is 0 Å². The van der Waals surface area contributed by atoms with Crippen molar-refractivity contribution in [1.82, 2.24) is 8.75 Å². The van der Waals surface area contributed by atoms with Gasteiger partial charge in [-0.25, -0.2) is 4.99 Å². The number of guanidine groups is 1. The van der Waals surface area contributed by atoms with Crippen molar-refractivity contribution in [2.75, 3.05) is 0 Å². The highest BCUT2D eigenvalue weighted by atomic mass is 32.1. The molecule has 0 bridgehead atoms. The second-order valence-corrected chi connectivity index (χ2v) is 2.97. The van der Waals surface area contributed by atoms with Crippen molar-refractivity contribution in [2.45, 2.75) is 0 Å². The molecule has 66 valence electrons. The van der Waals surface area contributed by atoms with Crippen LogP contribution in [0.25, 0.3) is 11.0 Å². The molecule has 0 fully saturated rings. The maximum Gasteiger partial charge on any atom is 0.191 e. The normalized spacial score (nSPS) is 10.2. The molecule has 0 aliphatic carbocycles. The first kappa shape index (κ1) is 7.93. The Balaban J connectivity index is 2.68. The molecule has 1 aromatic heterocycles. The number of hydrogen-bond acceptors (Lipinski definition) is 4. The van der Waals surface area contributed by atoms with E-state index in [4.69, 9.17) is 11.5 Å². The zero-order valence-corrected chi connectivity index (χ0v) is 7.45. The molecular weight excluding hydrogens is 186 g/mol. The highest BCUT2D eigenvalue weighted by Gasteiger charge is 2.02. The molecule has 6 heteroatoms. The molecule has 0 saturated heterocycles. The fourth-order valence-electron chi connectivity index (χ4n) is 1.02. The van der Waals surface area contributed by atoms with E-state index in [9.17, 15) is 0 Å². The molecule has 2 aromatic rings.